The van der Waals surface area contributed by atoms with Crippen molar-refractivity contribution in [2.45, 2.75) is 52.1 Å². The second-order valence-electron chi connectivity index (χ2n) is 7.31. The number of nitrogens with one attached hydrogen (secondary N) is 2. The zero-order valence-electron chi connectivity index (χ0n) is 16.0. The molecule has 3 amide bonds. The van der Waals surface area contributed by atoms with E-state index in [4.69, 9.17) is 10.5 Å². The third-order valence-electron chi connectivity index (χ3n) is 3.82. The van der Waals surface area contributed by atoms with Crippen molar-refractivity contribution in [2.24, 2.45) is 5.73 Å². The molecular formula is C18H27N3O4S2. The largest absolute Gasteiger partial charge is 0.444 e. The molecule has 1 heterocycles. The molecule has 1 aromatic rings. The van der Waals surface area contributed by atoms with Gasteiger partial charge in [-0.1, -0.05) is 0 Å². The number of thioether (sulfide) groups is 1. The molecule has 0 radical (unpaired) electrons. The molecule has 0 bridgehead atoms. The van der Waals surface area contributed by atoms with Crippen LogP contribution in [0.4, 0.5) is 9.80 Å². The van der Waals surface area contributed by atoms with Crippen molar-refractivity contribution >= 4 is 46.0 Å². The topological polar surface area (TPSA) is 111 Å². The van der Waals surface area contributed by atoms with E-state index >= 15 is 0 Å². The van der Waals surface area contributed by atoms with Crippen LogP contribution in [-0.2, 0) is 22.4 Å². The normalized spacial score (nSPS) is 13.6. The monoisotopic (exact) mass is 413 g/mol. The summed E-state index contributed by atoms with van der Waals surface area (Å²) in [4.78, 5) is 36.7. The van der Waals surface area contributed by atoms with Crippen LogP contribution in [0.2, 0.25) is 0 Å². The minimum absolute atomic E-state index is 0.182. The van der Waals surface area contributed by atoms with Crippen LogP contribution in [0, 0.1) is 0 Å². The van der Waals surface area contributed by atoms with Gasteiger partial charge in [0.25, 0.3) is 5.91 Å². The Bertz CT molecular complexity index is 710. The molecule has 0 fully saturated rings. The van der Waals surface area contributed by atoms with Crippen LogP contribution in [0.3, 0.4) is 0 Å². The van der Waals surface area contributed by atoms with Gasteiger partial charge in [0.15, 0.2) is 0 Å². The molecule has 2 rings (SSSR count). The summed E-state index contributed by atoms with van der Waals surface area (Å²) in [6, 6.07) is 0. The number of ether oxygens (including phenoxy) is 1. The van der Waals surface area contributed by atoms with E-state index < -0.39 is 17.6 Å². The third kappa shape index (κ3) is 6.73. The summed E-state index contributed by atoms with van der Waals surface area (Å²) < 4.78 is 5.14. The number of carbonyl (C=O) groups excluding carboxylic acids is 3. The minimum Gasteiger partial charge on any atom is -0.444 e. The predicted molar refractivity (Wildman–Crippen MR) is 110 cm³/mol. The number of carbonyl (C=O) groups is 3. The van der Waals surface area contributed by atoms with Gasteiger partial charge in [-0.15, -0.1) is 11.3 Å². The van der Waals surface area contributed by atoms with E-state index in [2.05, 4.69) is 10.6 Å². The lowest BCUT2D eigenvalue weighted by atomic mass is 9.95. The first-order valence-corrected chi connectivity index (χ1v) is 10.9. The van der Waals surface area contributed by atoms with Gasteiger partial charge in [0, 0.05) is 17.2 Å². The number of nitrogens with two attached hydrogens (primary N) is 1. The Morgan fingerprint density at radius 3 is 2.59 bits per heavy atom. The highest BCUT2D eigenvalue weighted by atomic mass is 32.2. The number of hydrogen-bond acceptors (Lipinski definition) is 6. The van der Waals surface area contributed by atoms with Gasteiger partial charge in [-0.05, 0) is 52.0 Å². The molecule has 1 aromatic heterocycles. The first-order chi connectivity index (χ1) is 12.7. The van der Waals surface area contributed by atoms with Crippen LogP contribution in [-0.4, -0.2) is 41.6 Å². The van der Waals surface area contributed by atoms with Gasteiger partial charge < -0.3 is 21.1 Å². The van der Waals surface area contributed by atoms with E-state index in [1.54, 1.807) is 20.8 Å². The second-order valence-corrected chi connectivity index (χ2v) is 9.52. The van der Waals surface area contributed by atoms with E-state index in [0.29, 0.717) is 22.9 Å². The van der Waals surface area contributed by atoms with Crippen LogP contribution in [0.15, 0.2) is 0 Å². The summed E-state index contributed by atoms with van der Waals surface area (Å²) >= 11 is 2.85. The molecule has 27 heavy (non-hydrogen) atoms. The van der Waals surface area contributed by atoms with Gasteiger partial charge in [-0.3, -0.25) is 9.59 Å². The summed E-state index contributed by atoms with van der Waals surface area (Å²) in [5, 5.41) is 6.03. The predicted octanol–water partition coefficient (Wildman–Crippen LogP) is 2.92. The molecule has 4 N–H and O–H groups in total. The van der Waals surface area contributed by atoms with E-state index in [-0.39, 0.29) is 11.7 Å². The lowest BCUT2D eigenvalue weighted by Gasteiger charge is -2.19. The van der Waals surface area contributed by atoms with Crippen molar-refractivity contribution in [1.29, 1.82) is 0 Å². The Balaban J connectivity index is 1.77. The number of fused-ring (bicyclic) bond motifs is 1. The number of anilines is 1. The highest BCUT2D eigenvalue weighted by molar-refractivity contribution is 7.99. The number of rotatable bonds is 7. The van der Waals surface area contributed by atoms with Gasteiger partial charge in [0.05, 0.1) is 11.3 Å². The number of thiophene rings is 1. The molecule has 7 nitrogen and oxygen atoms in total. The number of aryl methyl sites for hydroxylation is 1. The summed E-state index contributed by atoms with van der Waals surface area (Å²) in [5.41, 5.74) is 6.47. The summed E-state index contributed by atoms with van der Waals surface area (Å²) in [7, 11) is 0. The van der Waals surface area contributed by atoms with Crippen LogP contribution in [0.5, 0.6) is 0 Å². The first kappa shape index (κ1) is 21.6. The molecule has 1 aliphatic rings. The fraction of sp³-hybridized carbons (Fsp3) is 0.611. The fourth-order valence-electron chi connectivity index (χ4n) is 2.78. The van der Waals surface area contributed by atoms with Gasteiger partial charge in [0.1, 0.15) is 10.6 Å². The molecule has 0 unspecified atom stereocenters. The fourth-order valence-corrected chi connectivity index (χ4v) is 4.74. The molecule has 0 saturated heterocycles. The number of alkyl carbamates (subject to hydrolysis) is 1. The van der Waals surface area contributed by atoms with Gasteiger partial charge in [-0.25, -0.2) is 4.79 Å². The maximum atomic E-state index is 12.2. The quantitative estimate of drug-likeness (QED) is 0.595. The van der Waals surface area contributed by atoms with Crippen molar-refractivity contribution in [1.82, 2.24) is 5.32 Å². The van der Waals surface area contributed by atoms with Crippen LogP contribution in [0.25, 0.3) is 0 Å². The zero-order chi connectivity index (χ0) is 20.0. The molecule has 1 aliphatic carbocycles. The van der Waals surface area contributed by atoms with Crippen LogP contribution >= 0.6 is 23.1 Å². The van der Waals surface area contributed by atoms with Gasteiger partial charge in [0.2, 0.25) is 5.91 Å². The Hall–Kier alpha value is -1.74. The van der Waals surface area contributed by atoms with Crippen molar-refractivity contribution in [3.05, 3.63) is 16.0 Å². The first-order valence-electron chi connectivity index (χ1n) is 8.96. The van der Waals surface area contributed by atoms with Crippen LogP contribution < -0.4 is 16.4 Å². The Kier molecular flexibility index (Phi) is 7.55. The highest BCUT2D eigenvalue weighted by Crippen LogP contribution is 2.37. The maximum Gasteiger partial charge on any atom is 0.407 e. The summed E-state index contributed by atoms with van der Waals surface area (Å²) in [5.74, 6) is 0.143. The van der Waals surface area contributed by atoms with Crippen molar-refractivity contribution in [3.63, 3.8) is 0 Å². The smallest absolute Gasteiger partial charge is 0.407 e. The van der Waals surface area contributed by atoms with Gasteiger partial charge in [-0.2, -0.15) is 11.8 Å². The molecule has 0 atom stereocenters. The molecule has 0 spiro atoms. The number of amides is 3. The van der Waals surface area contributed by atoms with Crippen LogP contribution in [0.1, 0.15) is 54.4 Å². The van der Waals surface area contributed by atoms with Crippen molar-refractivity contribution in [2.75, 3.05) is 23.4 Å². The lowest BCUT2D eigenvalue weighted by molar-refractivity contribution is -0.113. The minimum atomic E-state index is -0.533. The Morgan fingerprint density at radius 2 is 1.93 bits per heavy atom. The molecule has 0 aromatic carbocycles. The molecule has 150 valence electrons. The zero-order valence-corrected chi connectivity index (χ0v) is 17.6. The molecular weight excluding hydrogens is 386 g/mol. The average Bonchev–Trinajstić information content (AvgIpc) is 2.90. The third-order valence-corrected chi connectivity index (χ3v) is 5.98. The van der Waals surface area contributed by atoms with E-state index in [1.807, 2.05) is 0 Å². The lowest BCUT2D eigenvalue weighted by Crippen LogP contribution is -2.33. The second kappa shape index (κ2) is 9.45. The van der Waals surface area contributed by atoms with Crippen molar-refractivity contribution < 1.29 is 19.1 Å². The highest BCUT2D eigenvalue weighted by Gasteiger charge is 2.24. The van der Waals surface area contributed by atoms with Crippen molar-refractivity contribution in [3.8, 4) is 0 Å². The van der Waals surface area contributed by atoms with E-state index in [9.17, 15) is 14.4 Å². The average molecular weight is 414 g/mol. The molecule has 0 saturated carbocycles. The standard InChI is InChI=1S/C18H27N3O4S2/c1-18(2,3)25-17(24)20-8-9-26-10-13(22)21-16-14(15(19)23)11-6-4-5-7-12(11)27-16/h4-10H2,1-3H3,(H2,19,23)(H,20,24)(H,21,22). The summed E-state index contributed by atoms with van der Waals surface area (Å²) in [6.45, 7) is 5.81. The van der Waals surface area contributed by atoms with Gasteiger partial charge >= 0.3 is 6.09 Å². The maximum absolute atomic E-state index is 12.2. The Labute approximate surface area is 167 Å². The SMILES string of the molecule is CC(C)(C)OC(=O)NCCSCC(=O)Nc1sc2c(c1C(N)=O)CCCC2. The Morgan fingerprint density at radius 1 is 1.22 bits per heavy atom. The van der Waals surface area contributed by atoms with E-state index in [0.717, 1.165) is 36.1 Å². The number of hydrogen-bond donors (Lipinski definition) is 3. The summed E-state index contributed by atoms with van der Waals surface area (Å²) in [6.07, 6.45) is 3.44. The molecule has 0 aliphatic heterocycles. The molecule has 9 heteroatoms. The van der Waals surface area contributed by atoms with E-state index in [1.165, 1.54) is 23.1 Å². The number of primary amides is 1.